The highest BCUT2D eigenvalue weighted by molar-refractivity contribution is 6.03. The van der Waals surface area contributed by atoms with Crippen LogP contribution in [0.25, 0.3) is 11.0 Å². The molecule has 1 aromatic heterocycles. The van der Waals surface area contributed by atoms with Crippen LogP contribution in [-0.4, -0.2) is 13.1 Å². The zero-order chi connectivity index (χ0) is 11.9. The topological polar surface area (TPSA) is 65.5 Å². The molecule has 2 N–H and O–H groups in total. The molecule has 2 aromatic rings. The molecule has 0 amide bonds. The van der Waals surface area contributed by atoms with Crippen molar-refractivity contribution in [2.45, 2.75) is 0 Å². The summed E-state index contributed by atoms with van der Waals surface area (Å²) in [6.45, 7) is 0. The number of nitrogen functional groups attached to an aromatic ring is 1. The zero-order valence-electron chi connectivity index (χ0n) is 8.21. The lowest BCUT2D eigenvalue weighted by atomic mass is 10.2. The van der Waals surface area contributed by atoms with Crippen LogP contribution in [0.5, 0.6) is 0 Å². The number of ether oxygens (including phenoxy) is 1. The van der Waals surface area contributed by atoms with Gasteiger partial charge in [-0.05, 0) is 12.1 Å². The Morgan fingerprint density at radius 3 is 2.75 bits per heavy atom. The van der Waals surface area contributed by atoms with Gasteiger partial charge in [-0.1, -0.05) is 0 Å². The third-order valence-corrected chi connectivity index (χ3v) is 2.15. The second-order valence-corrected chi connectivity index (χ2v) is 3.07. The van der Waals surface area contributed by atoms with E-state index in [9.17, 15) is 13.6 Å². The summed E-state index contributed by atoms with van der Waals surface area (Å²) in [4.78, 5) is 11.2. The minimum absolute atomic E-state index is 0.00296. The molecule has 0 unspecified atom stereocenters. The fraction of sp³-hybridized carbons (Fsp3) is 0.100. The zero-order valence-corrected chi connectivity index (χ0v) is 8.21. The first-order valence-corrected chi connectivity index (χ1v) is 4.30. The first-order chi connectivity index (χ1) is 7.56. The average Bonchev–Trinajstić information content (AvgIpc) is 2.61. The Balaban J connectivity index is 2.79. The SMILES string of the molecule is COC(=O)c1oc2ccc(F)c(F)c2c1N. The van der Waals surface area contributed by atoms with Gasteiger partial charge < -0.3 is 14.9 Å². The van der Waals surface area contributed by atoms with Crippen molar-refractivity contribution >= 4 is 22.6 Å². The van der Waals surface area contributed by atoms with Gasteiger partial charge in [0.25, 0.3) is 0 Å². The van der Waals surface area contributed by atoms with Gasteiger partial charge in [0.2, 0.25) is 5.76 Å². The Bertz CT molecular complexity index is 577. The number of carbonyl (C=O) groups is 1. The molecule has 1 aromatic carbocycles. The Kier molecular flexibility index (Phi) is 2.26. The normalized spacial score (nSPS) is 10.7. The van der Waals surface area contributed by atoms with Crippen LogP contribution in [0.4, 0.5) is 14.5 Å². The van der Waals surface area contributed by atoms with E-state index in [1.54, 1.807) is 0 Å². The molecule has 6 heteroatoms. The molecule has 1 heterocycles. The lowest BCUT2D eigenvalue weighted by Gasteiger charge is -1.95. The number of fused-ring (bicyclic) bond motifs is 1. The first kappa shape index (κ1) is 10.4. The summed E-state index contributed by atoms with van der Waals surface area (Å²) in [7, 11) is 1.13. The van der Waals surface area contributed by atoms with Gasteiger partial charge in [-0.2, -0.15) is 0 Å². The van der Waals surface area contributed by atoms with E-state index >= 15 is 0 Å². The van der Waals surface area contributed by atoms with Gasteiger partial charge in [-0.3, -0.25) is 0 Å². The number of hydrogen-bond donors (Lipinski definition) is 1. The summed E-state index contributed by atoms with van der Waals surface area (Å²) in [6, 6.07) is 2.08. The first-order valence-electron chi connectivity index (χ1n) is 4.30. The van der Waals surface area contributed by atoms with Gasteiger partial charge in [0, 0.05) is 0 Å². The molecular weight excluding hydrogens is 220 g/mol. The number of anilines is 1. The molecule has 4 nitrogen and oxygen atoms in total. The molecule has 0 spiro atoms. The van der Waals surface area contributed by atoms with E-state index in [4.69, 9.17) is 10.2 Å². The van der Waals surface area contributed by atoms with Crippen molar-refractivity contribution in [1.82, 2.24) is 0 Å². The number of nitrogens with two attached hydrogens (primary N) is 1. The van der Waals surface area contributed by atoms with E-state index in [-0.39, 0.29) is 22.4 Å². The average molecular weight is 227 g/mol. The van der Waals surface area contributed by atoms with Crippen molar-refractivity contribution in [2.75, 3.05) is 12.8 Å². The molecule has 0 fully saturated rings. The number of halogens is 2. The number of rotatable bonds is 1. The predicted molar refractivity (Wildman–Crippen MR) is 51.9 cm³/mol. The monoisotopic (exact) mass is 227 g/mol. The number of methoxy groups -OCH3 is 1. The van der Waals surface area contributed by atoms with Gasteiger partial charge in [-0.15, -0.1) is 0 Å². The molecule has 0 atom stereocenters. The van der Waals surface area contributed by atoms with Crippen LogP contribution in [0.2, 0.25) is 0 Å². The second kappa shape index (κ2) is 3.48. The highest BCUT2D eigenvalue weighted by Gasteiger charge is 2.22. The smallest absolute Gasteiger partial charge is 0.376 e. The molecule has 0 aliphatic carbocycles. The van der Waals surface area contributed by atoms with Gasteiger partial charge in [0.05, 0.1) is 18.2 Å². The predicted octanol–water partition coefficient (Wildman–Crippen LogP) is 2.08. The van der Waals surface area contributed by atoms with E-state index in [0.717, 1.165) is 13.2 Å². The molecule has 0 bridgehead atoms. The van der Waals surface area contributed by atoms with Crippen LogP contribution in [0.15, 0.2) is 16.5 Å². The van der Waals surface area contributed by atoms with Crippen LogP contribution in [0, 0.1) is 11.6 Å². The molecule has 16 heavy (non-hydrogen) atoms. The molecule has 84 valence electrons. The second-order valence-electron chi connectivity index (χ2n) is 3.07. The fourth-order valence-corrected chi connectivity index (χ4v) is 1.39. The van der Waals surface area contributed by atoms with Crippen molar-refractivity contribution in [1.29, 1.82) is 0 Å². The van der Waals surface area contributed by atoms with Crippen molar-refractivity contribution in [3.63, 3.8) is 0 Å². The van der Waals surface area contributed by atoms with E-state index in [2.05, 4.69) is 4.74 Å². The fourth-order valence-electron chi connectivity index (χ4n) is 1.39. The van der Waals surface area contributed by atoms with E-state index < -0.39 is 17.6 Å². The lowest BCUT2D eigenvalue weighted by Crippen LogP contribution is -2.02. The summed E-state index contributed by atoms with van der Waals surface area (Å²) in [5.74, 6) is -3.37. The Morgan fingerprint density at radius 2 is 2.12 bits per heavy atom. The Hall–Kier alpha value is -2.11. The van der Waals surface area contributed by atoms with Crippen molar-refractivity contribution in [3.8, 4) is 0 Å². The third kappa shape index (κ3) is 1.30. The highest BCUT2D eigenvalue weighted by Crippen LogP contribution is 2.31. The third-order valence-electron chi connectivity index (χ3n) is 2.15. The highest BCUT2D eigenvalue weighted by atomic mass is 19.2. The van der Waals surface area contributed by atoms with Crippen LogP contribution in [-0.2, 0) is 4.74 Å². The van der Waals surface area contributed by atoms with E-state index in [1.165, 1.54) is 6.07 Å². The molecule has 0 radical (unpaired) electrons. The molecular formula is C10H7F2NO3. The summed E-state index contributed by atoms with van der Waals surface area (Å²) in [5, 5.41) is -0.250. The molecule has 0 saturated heterocycles. The van der Waals surface area contributed by atoms with Gasteiger partial charge in [-0.25, -0.2) is 13.6 Å². The van der Waals surface area contributed by atoms with Crippen LogP contribution < -0.4 is 5.73 Å². The molecule has 0 saturated carbocycles. The van der Waals surface area contributed by atoms with Crippen LogP contribution in [0.1, 0.15) is 10.6 Å². The molecule has 0 aliphatic rings. The van der Waals surface area contributed by atoms with Crippen LogP contribution >= 0.6 is 0 Å². The van der Waals surface area contributed by atoms with Crippen molar-refractivity contribution in [3.05, 3.63) is 29.5 Å². The summed E-state index contributed by atoms with van der Waals surface area (Å²) in [5.41, 5.74) is 5.22. The Morgan fingerprint density at radius 1 is 1.44 bits per heavy atom. The number of hydrogen-bond acceptors (Lipinski definition) is 4. The van der Waals surface area contributed by atoms with Gasteiger partial charge >= 0.3 is 5.97 Å². The van der Waals surface area contributed by atoms with E-state index in [0.29, 0.717) is 0 Å². The Labute approximate surface area is 88.6 Å². The molecule has 0 aliphatic heterocycles. The number of carbonyl (C=O) groups excluding carboxylic acids is 1. The van der Waals surface area contributed by atoms with Gasteiger partial charge in [0.15, 0.2) is 11.6 Å². The lowest BCUT2D eigenvalue weighted by molar-refractivity contribution is 0.0569. The maximum absolute atomic E-state index is 13.4. The number of furan rings is 1. The van der Waals surface area contributed by atoms with Crippen molar-refractivity contribution in [2.24, 2.45) is 0 Å². The summed E-state index contributed by atoms with van der Waals surface area (Å²) < 4.78 is 35.7. The van der Waals surface area contributed by atoms with Crippen LogP contribution in [0.3, 0.4) is 0 Å². The maximum Gasteiger partial charge on any atom is 0.376 e. The number of esters is 1. The summed E-state index contributed by atoms with van der Waals surface area (Å²) >= 11 is 0. The maximum atomic E-state index is 13.4. The summed E-state index contributed by atoms with van der Waals surface area (Å²) in [6.07, 6.45) is 0. The largest absolute Gasteiger partial charge is 0.463 e. The quantitative estimate of drug-likeness (QED) is 0.757. The minimum Gasteiger partial charge on any atom is -0.463 e. The standard InChI is InChI=1S/C10H7F2NO3/c1-15-10(14)9-8(13)6-5(16-9)3-2-4(11)7(6)12/h2-3H,13H2,1H3. The van der Waals surface area contributed by atoms with Gasteiger partial charge in [0.1, 0.15) is 5.58 Å². The van der Waals surface area contributed by atoms with E-state index in [1.807, 2.05) is 0 Å². The van der Waals surface area contributed by atoms with Crippen molar-refractivity contribution < 1.29 is 22.7 Å². The minimum atomic E-state index is -1.14. The molecule has 2 rings (SSSR count). The number of benzene rings is 1.